The third kappa shape index (κ3) is 2.77. The van der Waals surface area contributed by atoms with Gasteiger partial charge in [-0.3, -0.25) is 4.68 Å². The first-order chi connectivity index (χ1) is 9.08. The lowest BCUT2D eigenvalue weighted by atomic mass is 10.1. The second-order valence-corrected chi connectivity index (χ2v) is 5.59. The van der Waals surface area contributed by atoms with Crippen molar-refractivity contribution in [3.05, 3.63) is 11.3 Å². The minimum absolute atomic E-state index is 0.549. The number of likely N-dealkylation sites (N-methyl/N-ethyl adjacent to an activating group) is 1. The molecule has 1 aliphatic rings. The van der Waals surface area contributed by atoms with Crippen molar-refractivity contribution in [2.45, 2.75) is 39.3 Å². The van der Waals surface area contributed by atoms with Crippen molar-refractivity contribution in [3.8, 4) is 0 Å². The second kappa shape index (κ2) is 5.92. The molecule has 5 nitrogen and oxygen atoms in total. The van der Waals surface area contributed by atoms with Gasteiger partial charge in [0.15, 0.2) is 0 Å². The van der Waals surface area contributed by atoms with Crippen LogP contribution in [0.1, 0.15) is 31.0 Å². The summed E-state index contributed by atoms with van der Waals surface area (Å²) < 4.78 is 2.01. The third-order valence-corrected chi connectivity index (χ3v) is 4.16. The molecule has 0 radical (unpaired) electrons. The van der Waals surface area contributed by atoms with Gasteiger partial charge in [-0.1, -0.05) is 6.92 Å². The Morgan fingerprint density at radius 3 is 2.68 bits per heavy atom. The topological polar surface area (TPSA) is 50.3 Å². The fourth-order valence-corrected chi connectivity index (χ4v) is 3.16. The summed E-state index contributed by atoms with van der Waals surface area (Å²) in [6.07, 6.45) is 2.35. The molecule has 108 valence electrons. The Morgan fingerprint density at radius 2 is 2.05 bits per heavy atom. The molecule has 19 heavy (non-hydrogen) atoms. The largest absolute Gasteiger partial charge is 0.352 e. The highest BCUT2D eigenvalue weighted by atomic mass is 15.4. The minimum atomic E-state index is 0.549. The van der Waals surface area contributed by atoms with Gasteiger partial charge in [0.05, 0.1) is 5.69 Å². The fraction of sp³-hybridized carbons (Fsp3) is 0.786. The molecular weight excluding hydrogens is 238 g/mol. The number of hydrogen-bond donors (Lipinski definition) is 1. The number of nitrogens with zero attached hydrogens (tertiary/aromatic N) is 4. The molecule has 0 saturated carbocycles. The average molecular weight is 265 g/mol. The molecule has 0 bridgehead atoms. The van der Waals surface area contributed by atoms with Crippen LogP contribution in [0.4, 0.5) is 5.82 Å². The van der Waals surface area contributed by atoms with Crippen LogP contribution in [0.2, 0.25) is 0 Å². The van der Waals surface area contributed by atoms with Crippen molar-refractivity contribution in [1.82, 2.24) is 14.7 Å². The summed E-state index contributed by atoms with van der Waals surface area (Å²) in [4.78, 5) is 4.95. The Hall–Kier alpha value is -1.07. The van der Waals surface area contributed by atoms with Crippen molar-refractivity contribution in [2.75, 3.05) is 31.6 Å². The number of hydrogen-bond acceptors (Lipinski definition) is 4. The van der Waals surface area contributed by atoms with Crippen molar-refractivity contribution in [3.63, 3.8) is 0 Å². The van der Waals surface area contributed by atoms with Crippen molar-refractivity contribution >= 4 is 5.82 Å². The van der Waals surface area contributed by atoms with Crippen LogP contribution in [-0.4, -0.2) is 47.4 Å². The molecule has 0 spiro atoms. The van der Waals surface area contributed by atoms with E-state index in [0.29, 0.717) is 12.6 Å². The Balaban J connectivity index is 2.37. The summed E-state index contributed by atoms with van der Waals surface area (Å²) in [5.41, 5.74) is 8.20. The van der Waals surface area contributed by atoms with Gasteiger partial charge in [-0.05, 0) is 33.4 Å². The van der Waals surface area contributed by atoms with Gasteiger partial charge >= 0.3 is 0 Å². The van der Waals surface area contributed by atoms with E-state index in [2.05, 4.69) is 35.8 Å². The molecule has 0 amide bonds. The number of aromatic nitrogens is 2. The molecule has 1 aromatic heterocycles. The Labute approximate surface area is 116 Å². The lowest BCUT2D eigenvalue weighted by Gasteiger charge is -2.32. The maximum absolute atomic E-state index is 5.93. The summed E-state index contributed by atoms with van der Waals surface area (Å²) >= 11 is 0. The molecule has 1 atom stereocenters. The highest BCUT2D eigenvalue weighted by Gasteiger charge is 2.27. The SMILES string of the molecule is CCC1CN(C)CCCN1c1c(CN)c(C)nn1C. The molecule has 1 aromatic rings. The lowest BCUT2D eigenvalue weighted by Crippen LogP contribution is -2.41. The van der Waals surface area contributed by atoms with E-state index in [-0.39, 0.29) is 0 Å². The van der Waals surface area contributed by atoms with Gasteiger partial charge in [0.25, 0.3) is 0 Å². The zero-order valence-electron chi connectivity index (χ0n) is 12.7. The average Bonchev–Trinajstić information content (AvgIpc) is 2.55. The van der Waals surface area contributed by atoms with Crippen molar-refractivity contribution in [1.29, 1.82) is 0 Å². The monoisotopic (exact) mass is 265 g/mol. The molecule has 1 saturated heterocycles. The highest BCUT2D eigenvalue weighted by Crippen LogP contribution is 2.27. The zero-order chi connectivity index (χ0) is 14.0. The molecular formula is C14H27N5. The van der Waals surface area contributed by atoms with Gasteiger partial charge in [0, 0.05) is 38.3 Å². The van der Waals surface area contributed by atoms with Crippen molar-refractivity contribution in [2.24, 2.45) is 12.8 Å². The second-order valence-electron chi connectivity index (χ2n) is 5.59. The molecule has 2 rings (SSSR count). The molecule has 5 heteroatoms. The predicted octanol–water partition coefficient (Wildman–Crippen LogP) is 1.11. The van der Waals surface area contributed by atoms with Crippen LogP contribution in [0.5, 0.6) is 0 Å². The van der Waals surface area contributed by atoms with Gasteiger partial charge < -0.3 is 15.5 Å². The van der Waals surface area contributed by atoms with Gasteiger partial charge in [0.1, 0.15) is 5.82 Å². The Bertz CT molecular complexity index is 426. The summed E-state index contributed by atoms with van der Waals surface area (Å²) in [7, 11) is 4.24. The first-order valence-corrected chi connectivity index (χ1v) is 7.26. The molecule has 0 aliphatic carbocycles. The van der Waals surface area contributed by atoms with E-state index >= 15 is 0 Å². The van der Waals surface area contributed by atoms with Crippen LogP contribution in [0.25, 0.3) is 0 Å². The maximum Gasteiger partial charge on any atom is 0.131 e. The summed E-state index contributed by atoms with van der Waals surface area (Å²) in [5, 5.41) is 4.56. The lowest BCUT2D eigenvalue weighted by molar-refractivity contribution is 0.327. The number of anilines is 1. The first-order valence-electron chi connectivity index (χ1n) is 7.26. The summed E-state index contributed by atoms with van der Waals surface area (Å²) in [6, 6.07) is 0.549. The number of rotatable bonds is 3. The molecule has 2 N–H and O–H groups in total. The Morgan fingerprint density at radius 1 is 1.32 bits per heavy atom. The first kappa shape index (κ1) is 14.3. The molecule has 1 unspecified atom stereocenters. The van der Waals surface area contributed by atoms with Crippen LogP contribution < -0.4 is 10.6 Å². The molecule has 1 aliphatic heterocycles. The third-order valence-electron chi connectivity index (χ3n) is 4.16. The van der Waals surface area contributed by atoms with Crippen LogP contribution in [0, 0.1) is 6.92 Å². The fourth-order valence-electron chi connectivity index (χ4n) is 3.16. The van der Waals surface area contributed by atoms with E-state index < -0.39 is 0 Å². The van der Waals surface area contributed by atoms with E-state index in [0.717, 1.165) is 25.2 Å². The normalized spacial score (nSPS) is 21.7. The molecule has 0 aromatic carbocycles. The Kier molecular flexibility index (Phi) is 4.47. The number of nitrogens with two attached hydrogens (primary N) is 1. The van der Waals surface area contributed by atoms with E-state index in [9.17, 15) is 0 Å². The zero-order valence-corrected chi connectivity index (χ0v) is 12.7. The van der Waals surface area contributed by atoms with Gasteiger partial charge in [0.2, 0.25) is 0 Å². The maximum atomic E-state index is 5.93. The van der Waals surface area contributed by atoms with E-state index in [1.807, 2.05) is 11.7 Å². The molecule has 2 heterocycles. The quantitative estimate of drug-likeness (QED) is 0.889. The smallest absolute Gasteiger partial charge is 0.131 e. The summed E-state index contributed by atoms with van der Waals surface area (Å²) in [6.45, 7) is 8.26. The summed E-state index contributed by atoms with van der Waals surface area (Å²) in [5.74, 6) is 1.22. The van der Waals surface area contributed by atoms with Crippen LogP contribution in [0.15, 0.2) is 0 Å². The van der Waals surface area contributed by atoms with Crippen LogP contribution in [-0.2, 0) is 13.6 Å². The molecule has 1 fully saturated rings. The van der Waals surface area contributed by atoms with Gasteiger partial charge in [-0.15, -0.1) is 0 Å². The van der Waals surface area contributed by atoms with E-state index in [1.54, 1.807) is 0 Å². The van der Waals surface area contributed by atoms with Crippen LogP contribution >= 0.6 is 0 Å². The van der Waals surface area contributed by atoms with Gasteiger partial charge in [-0.2, -0.15) is 5.10 Å². The van der Waals surface area contributed by atoms with E-state index in [1.165, 1.54) is 24.3 Å². The van der Waals surface area contributed by atoms with Crippen molar-refractivity contribution < 1.29 is 0 Å². The standard InChI is InChI=1S/C14H27N5/c1-5-12-10-17(3)7-6-8-19(12)14-13(9-15)11(2)16-18(14)4/h12H,5-10,15H2,1-4H3. The minimum Gasteiger partial charge on any atom is -0.352 e. The van der Waals surface area contributed by atoms with Gasteiger partial charge in [-0.25, -0.2) is 0 Å². The van der Waals surface area contributed by atoms with E-state index in [4.69, 9.17) is 5.73 Å². The predicted molar refractivity (Wildman–Crippen MR) is 79.4 cm³/mol. The number of aryl methyl sites for hydroxylation is 2. The van der Waals surface area contributed by atoms with Crippen LogP contribution in [0.3, 0.4) is 0 Å². The highest BCUT2D eigenvalue weighted by molar-refractivity contribution is 5.51.